The molecule has 0 fully saturated rings. The lowest BCUT2D eigenvalue weighted by molar-refractivity contribution is 0.236. The zero-order chi connectivity index (χ0) is 13.1. The monoisotopic (exact) mass is 264 g/mol. The van der Waals surface area contributed by atoms with E-state index in [1.807, 2.05) is 6.07 Å². The third-order valence-electron chi connectivity index (χ3n) is 3.39. The van der Waals surface area contributed by atoms with Crippen molar-refractivity contribution in [3.8, 4) is 0 Å². The molecule has 0 spiro atoms. The Kier molecular flexibility index (Phi) is 4.31. The van der Waals surface area contributed by atoms with Gasteiger partial charge in [-0.15, -0.1) is 0 Å². The van der Waals surface area contributed by atoms with E-state index in [1.54, 1.807) is 0 Å². The van der Waals surface area contributed by atoms with Gasteiger partial charge in [-0.2, -0.15) is 0 Å². The number of benzene rings is 1. The fourth-order valence-corrected chi connectivity index (χ4v) is 2.37. The molecule has 0 aliphatic carbocycles. The van der Waals surface area contributed by atoms with Gasteiger partial charge in [0.25, 0.3) is 0 Å². The SMILES string of the molecule is CC(C)=CCN1Cc2cc(Cl)ccc2NCC1C. The molecule has 2 nitrogen and oxygen atoms in total. The quantitative estimate of drug-likeness (QED) is 0.815. The summed E-state index contributed by atoms with van der Waals surface area (Å²) in [6.45, 7) is 9.48. The van der Waals surface area contributed by atoms with Gasteiger partial charge >= 0.3 is 0 Å². The van der Waals surface area contributed by atoms with Crippen molar-refractivity contribution in [2.24, 2.45) is 0 Å². The summed E-state index contributed by atoms with van der Waals surface area (Å²) in [6.07, 6.45) is 2.28. The normalized spacial score (nSPS) is 19.7. The topological polar surface area (TPSA) is 15.3 Å². The molecule has 1 aromatic rings. The van der Waals surface area contributed by atoms with Crippen LogP contribution in [-0.4, -0.2) is 24.0 Å². The second-order valence-electron chi connectivity index (χ2n) is 5.24. The molecule has 98 valence electrons. The first-order valence-corrected chi connectivity index (χ1v) is 6.84. The van der Waals surface area contributed by atoms with Crippen LogP contribution in [0, 0.1) is 0 Å². The van der Waals surface area contributed by atoms with E-state index in [9.17, 15) is 0 Å². The van der Waals surface area contributed by atoms with Crippen LogP contribution >= 0.6 is 11.6 Å². The van der Waals surface area contributed by atoms with Gasteiger partial charge in [-0.1, -0.05) is 23.3 Å². The Hall–Kier alpha value is -0.990. The molecule has 1 atom stereocenters. The smallest absolute Gasteiger partial charge is 0.0410 e. The van der Waals surface area contributed by atoms with Crippen molar-refractivity contribution in [3.05, 3.63) is 40.4 Å². The van der Waals surface area contributed by atoms with E-state index in [0.717, 1.165) is 24.7 Å². The van der Waals surface area contributed by atoms with E-state index in [0.29, 0.717) is 6.04 Å². The highest BCUT2D eigenvalue weighted by Crippen LogP contribution is 2.25. The molecule has 1 aromatic carbocycles. The van der Waals surface area contributed by atoms with Gasteiger partial charge in [-0.25, -0.2) is 0 Å². The maximum Gasteiger partial charge on any atom is 0.0410 e. The maximum absolute atomic E-state index is 6.08. The second kappa shape index (κ2) is 5.77. The summed E-state index contributed by atoms with van der Waals surface area (Å²) in [5, 5.41) is 4.31. The van der Waals surface area contributed by atoms with Gasteiger partial charge in [0.05, 0.1) is 0 Å². The van der Waals surface area contributed by atoms with Gasteiger partial charge in [0.1, 0.15) is 0 Å². The summed E-state index contributed by atoms with van der Waals surface area (Å²) in [5.74, 6) is 0. The zero-order valence-electron chi connectivity index (χ0n) is 11.3. The second-order valence-corrected chi connectivity index (χ2v) is 5.68. The predicted molar refractivity (Wildman–Crippen MR) is 79.2 cm³/mol. The number of rotatable bonds is 2. The number of anilines is 1. The molecule has 2 rings (SSSR count). The molecule has 0 aromatic heterocycles. The van der Waals surface area contributed by atoms with E-state index in [-0.39, 0.29) is 0 Å². The fourth-order valence-electron chi connectivity index (χ4n) is 2.17. The number of allylic oxidation sites excluding steroid dienone is 1. The molecular formula is C15H21ClN2. The van der Waals surface area contributed by atoms with Crippen LogP contribution in [0.2, 0.25) is 5.02 Å². The van der Waals surface area contributed by atoms with Crippen LogP contribution in [-0.2, 0) is 6.54 Å². The van der Waals surface area contributed by atoms with Crippen LogP contribution < -0.4 is 5.32 Å². The lowest BCUT2D eigenvalue weighted by Crippen LogP contribution is -2.35. The van der Waals surface area contributed by atoms with Gasteiger partial charge in [-0.3, -0.25) is 4.90 Å². The van der Waals surface area contributed by atoms with Crippen LogP contribution in [0.25, 0.3) is 0 Å². The number of nitrogens with one attached hydrogen (secondary N) is 1. The first-order chi connectivity index (χ1) is 8.56. The average molecular weight is 265 g/mol. The molecule has 0 saturated carbocycles. The van der Waals surface area contributed by atoms with Crippen LogP contribution in [0.4, 0.5) is 5.69 Å². The zero-order valence-corrected chi connectivity index (χ0v) is 12.1. The van der Waals surface area contributed by atoms with Crippen molar-refractivity contribution in [2.75, 3.05) is 18.4 Å². The highest BCUT2D eigenvalue weighted by Gasteiger charge is 2.19. The van der Waals surface area contributed by atoms with E-state index < -0.39 is 0 Å². The maximum atomic E-state index is 6.08. The standard InChI is InChI=1S/C15H21ClN2/c1-11(2)6-7-18-10-13-8-14(16)4-5-15(13)17-9-12(18)3/h4-6,8,12,17H,7,9-10H2,1-3H3. The van der Waals surface area contributed by atoms with Crippen molar-refractivity contribution >= 4 is 17.3 Å². The Bertz CT molecular complexity index is 450. The molecule has 1 heterocycles. The lowest BCUT2D eigenvalue weighted by atomic mass is 10.1. The van der Waals surface area contributed by atoms with Crippen molar-refractivity contribution in [1.29, 1.82) is 0 Å². The Labute approximate surface area is 115 Å². The number of hydrogen-bond donors (Lipinski definition) is 1. The largest absolute Gasteiger partial charge is 0.383 e. The molecule has 1 N–H and O–H groups in total. The predicted octanol–water partition coefficient (Wildman–Crippen LogP) is 3.92. The summed E-state index contributed by atoms with van der Waals surface area (Å²) in [4.78, 5) is 2.47. The molecule has 1 aliphatic heterocycles. The molecule has 0 bridgehead atoms. The van der Waals surface area contributed by atoms with Crippen molar-refractivity contribution in [1.82, 2.24) is 4.90 Å². The minimum atomic E-state index is 0.520. The first kappa shape index (κ1) is 13.4. The summed E-state index contributed by atoms with van der Waals surface area (Å²) in [6, 6.07) is 6.61. The molecule has 18 heavy (non-hydrogen) atoms. The van der Waals surface area contributed by atoms with Crippen molar-refractivity contribution in [3.63, 3.8) is 0 Å². The first-order valence-electron chi connectivity index (χ1n) is 6.46. The van der Waals surface area contributed by atoms with Crippen LogP contribution in [0.1, 0.15) is 26.3 Å². The van der Waals surface area contributed by atoms with Gasteiger partial charge < -0.3 is 5.32 Å². The average Bonchev–Trinajstić information content (AvgIpc) is 2.46. The summed E-state index contributed by atoms with van der Waals surface area (Å²) in [5.41, 5.74) is 3.87. The molecule has 0 saturated heterocycles. The molecule has 1 unspecified atom stereocenters. The third kappa shape index (κ3) is 3.27. The lowest BCUT2D eigenvalue weighted by Gasteiger charge is -2.25. The molecule has 3 heteroatoms. The van der Waals surface area contributed by atoms with Gasteiger partial charge in [-0.05, 0) is 44.5 Å². The molecule has 0 amide bonds. The van der Waals surface area contributed by atoms with Crippen LogP contribution in [0.5, 0.6) is 0 Å². The number of nitrogens with zero attached hydrogens (tertiary/aromatic N) is 1. The van der Waals surface area contributed by atoms with Gasteiger partial charge in [0, 0.05) is 36.4 Å². The Balaban J connectivity index is 2.20. The number of halogens is 1. The van der Waals surface area contributed by atoms with Crippen LogP contribution in [0.15, 0.2) is 29.8 Å². The summed E-state index contributed by atoms with van der Waals surface area (Å²) < 4.78 is 0. The van der Waals surface area contributed by atoms with Gasteiger partial charge in [0.2, 0.25) is 0 Å². The van der Waals surface area contributed by atoms with Gasteiger partial charge in [0.15, 0.2) is 0 Å². The number of hydrogen-bond acceptors (Lipinski definition) is 2. The van der Waals surface area contributed by atoms with Crippen molar-refractivity contribution < 1.29 is 0 Å². The molecule has 1 aliphatic rings. The van der Waals surface area contributed by atoms with E-state index in [4.69, 9.17) is 11.6 Å². The Morgan fingerprint density at radius 3 is 3.00 bits per heavy atom. The highest BCUT2D eigenvalue weighted by molar-refractivity contribution is 6.30. The van der Waals surface area contributed by atoms with Crippen molar-refractivity contribution in [2.45, 2.75) is 33.4 Å². The van der Waals surface area contributed by atoms with Crippen LogP contribution in [0.3, 0.4) is 0 Å². The van der Waals surface area contributed by atoms with E-state index in [2.05, 4.69) is 49.2 Å². The Morgan fingerprint density at radius 2 is 2.28 bits per heavy atom. The molecular weight excluding hydrogens is 244 g/mol. The minimum absolute atomic E-state index is 0.520. The summed E-state index contributed by atoms with van der Waals surface area (Å²) >= 11 is 6.08. The molecule has 0 radical (unpaired) electrons. The van der Waals surface area contributed by atoms with E-state index in [1.165, 1.54) is 16.8 Å². The fraction of sp³-hybridized carbons (Fsp3) is 0.467. The highest BCUT2D eigenvalue weighted by atomic mass is 35.5. The van der Waals surface area contributed by atoms with E-state index >= 15 is 0 Å². The minimum Gasteiger partial charge on any atom is -0.383 e. The summed E-state index contributed by atoms with van der Waals surface area (Å²) in [7, 11) is 0. The number of fused-ring (bicyclic) bond motifs is 1. The third-order valence-corrected chi connectivity index (χ3v) is 3.62. The Morgan fingerprint density at radius 1 is 1.50 bits per heavy atom.